The number of ether oxygens (including phenoxy) is 2. The molecule has 1 aromatic heterocycles. The number of fused-ring (bicyclic) bond motifs is 1. The SMILES string of the molecule is O=C(Nc1ccc2c(c1)OCCO2)c1ccc(NC2CCCC2)cn1. The lowest BCUT2D eigenvalue weighted by atomic mass is 10.2. The van der Waals surface area contributed by atoms with E-state index in [-0.39, 0.29) is 5.91 Å². The predicted molar refractivity (Wildman–Crippen MR) is 95.5 cm³/mol. The molecule has 1 aliphatic carbocycles. The molecule has 2 N–H and O–H groups in total. The average Bonchev–Trinajstić information content (AvgIpc) is 3.15. The van der Waals surface area contributed by atoms with Crippen molar-refractivity contribution in [2.45, 2.75) is 31.7 Å². The zero-order valence-corrected chi connectivity index (χ0v) is 14.0. The number of nitrogens with one attached hydrogen (secondary N) is 2. The van der Waals surface area contributed by atoms with E-state index in [1.165, 1.54) is 25.7 Å². The van der Waals surface area contributed by atoms with Crippen LogP contribution >= 0.6 is 0 Å². The molecular formula is C19H21N3O3. The maximum Gasteiger partial charge on any atom is 0.274 e. The summed E-state index contributed by atoms with van der Waals surface area (Å²) in [5, 5.41) is 6.31. The molecule has 4 rings (SSSR count). The van der Waals surface area contributed by atoms with Gasteiger partial charge in [0.15, 0.2) is 11.5 Å². The van der Waals surface area contributed by atoms with Gasteiger partial charge in [0.1, 0.15) is 18.9 Å². The van der Waals surface area contributed by atoms with Gasteiger partial charge < -0.3 is 20.1 Å². The number of hydrogen-bond acceptors (Lipinski definition) is 5. The fraction of sp³-hybridized carbons (Fsp3) is 0.368. The van der Waals surface area contributed by atoms with E-state index in [0.29, 0.717) is 42.1 Å². The largest absolute Gasteiger partial charge is 0.486 e. The minimum absolute atomic E-state index is 0.246. The van der Waals surface area contributed by atoms with Crippen LogP contribution in [-0.2, 0) is 0 Å². The summed E-state index contributed by atoms with van der Waals surface area (Å²) in [5.41, 5.74) is 2.00. The van der Waals surface area contributed by atoms with Gasteiger partial charge in [-0.25, -0.2) is 4.98 Å². The molecule has 0 radical (unpaired) electrons. The highest BCUT2D eigenvalue weighted by molar-refractivity contribution is 6.03. The van der Waals surface area contributed by atoms with E-state index in [9.17, 15) is 4.79 Å². The normalized spacial score (nSPS) is 16.5. The van der Waals surface area contributed by atoms with Crippen LogP contribution in [0.3, 0.4) is 0 Å². The highest BCUT2D eigenvalue weighted by atomic mass is 16.6. The van der Waals surface area contributed by atoms with E-state index in [0.717, 1.165) is 5.69 Å². The van der Waals surface area contributed by atoms with Gasteiger partial charge in [0.25, 0.3) is 5.91 Å². The van der Waals surface area contributed by atoms with Crippen LogP contribution in [0.15, 0.2) is 36.5 Å². The topological polar surface area (TPSA) is 72.5 Å². The number of carbonyl (C=O) groups is 1. The molecule has 25 heavy (non-hydrogen) atoms. The zero-order chi connectivity index (χ0) is 17.1. The molecule has 1 saturated carbocycles. The Morgan fingerprint density at radius 3 is 2.52 bits per heavy atom. The zero-order valence-electron chi connectivity index (χ0n) is 14.0. The third kappa shape index (κ3) is 3.68. The lowest BCUT2D eigenvalue weighted by Gasteiger charge is -2.19. The number of pyridine rings is 1. The van der Waals surface area contributed by atoms with Crippen molar-refractivity contribution < 1.29 is 14.3 Å². The van der Waals surface area contributed by atoms with E-state index in [4.69, 9.17) is 9.47 Å². The summed E-state index contributed by atoms with van der Waals surface area (Å²) in [5.74, 6) is 1.10. The number of rotatable bonds is 4. The Labute approximate surface area is 146 Å². The average molecular weight is 339 g/mol. The molecule has 1 aliphatic heterocycles. The lowest BCUT2D eigenvalue weighted by molar-refractivity contribution is 0.102. The molecule has 0 atom stereocenters. The maximum atomic E-state index is 12.4. The van der Waals surface area contributed by atoms with E-state index < -0.39 is 0 Å². The summed E-state index contributed by atoms with van der Waals surface area (Å²) in [7, 11) is 0. The summed E-state index contributed by atoms with van der Waals surface area (Å²) in [6, 6.07) is 9.53. The van der Waals surface area contributed by atoms with Crippen LogP contribution in [0.1, 0.15) is 36.2 Å². The highest BCUT2D eigenvalue weighted by Gasteiger charge is 2.16. The Hall–Kier alpha value is -2.76. The second kappa shape index (κ2) is 7.01. The van der Waals surface area contributed by atoms with Gasteiger partial charge in [-0.3, -0.25) is 4.79 Å². The minimum Gasteiger partial charge on any atom is -0.486 e. The number of carbonyl (C=O) groups excluding carboxylic acids is 1. The van der Waals surface area contributed by atoms with Crippen molar-refractivity contribution in [3.05, 3.63) is 42.2 Å². The Kier molecular flexibility index (Phi) is 4.41. The first-order valence-electron chi connectivity index (χ1n) is 8.71. The standard InChI is InChI=1S/C19H21N3O3/c23-19(22-14-6-8-17-18(11-14)25-10-9-24-17)16-7-5-15(12-20-16)21-13-3-1-2-4-13/h5-8,11-13,21H,1-4,9-10H2,(H,22,23). The van der Waals surface area contributed by atoms with Gasteiger partial charge in [-0.05, 0) is 37.1 Å². The van der Waals surface area contributed by atoms with Crippen LogP contribution in [0, 0.1) is 0 Å². The summed E-state index contributed by atoms with van der Waals surface area (Å²) >= 11 is 0. The molecule has 6 nitrogen and oxygen atoms in total. The predicted octanol–water partition coefficient (Wildman–Crippen LogP) is 3.46. The first-order valence-corrected chi connectivity index (χ1v) is 8.71. The summed E-state index contributed by atoms with van der Waals surface area (Å²) in [4.78, 5) is 16.6. The molecule has 1 amide bonds. The van der Waals surface area contributed by atoms with Crippen molar-refractivity contribution in [1.82, 2.24) is 4.98 Å². The van der Waals surface area contributed by atoms with Gasteiger partial charge in [-0.1, -0.05) is 12.8 Å². The van der Waals surface area contributed by atoms with Crippen LogP contribution in [-0.4, -0.2) is 30.1 Å². The molecule has 0 bridgehead atoms. The molecular weight excluding hydrogens is 318 g/mol. The van der Waals surface area contributed by atoms with Gasteiger partial charge in [0.05, 0.1) is 11.9 Å². The molecule has 0 unspecified atom stereocenters. The summed E-state index contributed by atoms with van der Waals surface area (Å²) < 4.78 is 11.0. The third-order valence-electron chi connectivity index (χ3n) is 4.52. The van der Waals surface area contributed by atoms with Crippen molar-refractivity contribution in [2.75, 3.05) is 23.8 Å². The molecule has 2 heterocycles. The van der Waals surface area contributed by atoms with E-state index in [1.807, 2.05) is 6.07 Å². The van der Waals surface area contributed by atoms with Crippen molar-refractivity contribution in [3.63, 3.8) is 0 Å². The number of amides is 1. The lowest BCUT2D eigenvalue weighted by Crippen LogP contribution is -2.17. The van der Waals surface area contributed by atoms with Crippen molar-refractivity contribution in [1.29, 1.82) is 0 Å². The molecule has 1 aromatic carbocycles. The number of anilines is 2. The van der Waals surface area contributed by atoms with Crippen LogP contribution in [0.25, 0.3) is 0 Å². The number of benzene rings is 1. The van der Waals surface area contributed by atoms with Crippen LogP contribution in [0.4, 0.5) is 11.4 Å². The highest BCUT2D eigenvalue weighted by Crippen LogP contribution is 2.32. The van der Waals surface area contributed by atoms with Crippen LogP contribution in [0.5, 0.6) is 11.5 Å². The second-order valence-electron chi connectivity index (χ2n) is 6.37. The molecule has 0 spiro atoms. The smallest absolute Gasteiger partial charge is 0.274 e. The second-order valence-corrected chi connectivity index (χ2v) is 6.37. The Bertz CT molecular complexity index is 755. The Balaban J connectivity index is 1.40. The minimum atomic E-state index is -0.246. The van der Waals surface area contributed by atoms with Crippen molar-refractivity contribution in [3.8, 4) is 11.5 Å². The first kappa shape index (κ1) is 15.7. The van der Waals surface area contributed by atoms with Crippen LogP contribution < -0.4 is 20.1 Å². The molecule has 130 valence electrons. The van der Waals surface area contributed by atoms with Crippen LogP contribution in [0.2, 0.25) is 0 Å². The Morgan fingerprint density at radius 1 is 1.00 bits per heavy atom. The summed E-state index contributed by atoms with van der Waals surface area (Å²) in [6.07, 6.45) is 6.68. The van der Waals surface area contributed by atoms with Gasteiger partial charge in [-0.2, -0.15) is 0 Å². The molecule has 2 aromatic rings. The number of aromatic nitrogens is 1. The number of hydrogen-bond donors (Lipinski definition) is 2. The number of nitrogens with zero attached hydrogens (tertiary/aromatic N) is 1. The van der Waals surface area contributed by atoms with Gasteiger partial charge in [0, 0.05) is 17.8 Å². The molecule has 1 fully saturated rings. The fourth-order valence-electron chi connectivity index (χ4n) is 3.24. The monoisotopic (exact) mass is 339 g/mol. The maximum absolute atomic E-state index is 12.4. The van der Waals surface area contributed by atoms with E-state index in [1.54, 1.807) is 30.5 Å². The third-order valence-corrected chi connectivity index (χ3v) is 4.52. The molecule has 6 heteroatoms. The van der Waals surface area contributed by atoms with Gasteiger partial charge in [-0.15, -0.1) is 0 Å². The van der Waals surface area contributed by atoms with Gasteiger partial charge >= 0.3 is 0 Å². The Morgan fingerprint density at radius 2 is 1.76 bits per heavy atom. The molecule has 0 saturated heterocycles. The van der Waals surface area contributed by atoms with E-state index in [2.05, 4.69) is 15.6 Å². The van der Waals surface area contributed by atoms with Crippen molar-refractivity contribution >= 4 is 17.3 Å². The fourth-order valence-corrected chi connectivity index (χ4v) is 3.24. The molecule has 2 aliphatic rings. The van der Waals surface area contributed by atoms with E-state index >= 15 is 0 Å². The van der Waals surface area contributed by atoms with Crippen molar-refractivity contribution in [2.24, 2.45) is 0 Å². The summed E-state index contributed by atoms with van der Waals surface area (Å²) in [6.45, 7) is 1.06. The first-order chi connectivity index (χ1) is 12.3. The van der Waals surface area contributed by atoms with Gasteiger partial charge in [0.2, 0.25) is 0 Å². The quantitative estimate of drug-likeness (QED) is 0.892.